The van der Waals surface area contributed by atoms with E-state index in [0.717, 1.165) is 38.5 Å². The zero-order valence-corrected chi connectivity index (χ0v) is 50.3. The number of aliphatic hydroxyl groups is 1. The minimum Gasteiger partial charge on any atom is -0.480 e. The van der Waals surface area contributed by atoms with E-state index < -0.39 is 72.5 Å². The van der Waals surface area contributed by atoms with Crippen LogP contribution in [0.15, 0.2) is 0 Å². The molecule has 6 amide bonds. The number of aliphatic carboxylic acids is 1. The van der Waals surface area contributed by atoms with Gasteiger partial charge >= 0.3 is 12.1 Å². The number of nitrogens with two attached hydrogens (primary N) is 3. The van der Waals surface area contributed by atoms with E-state index in [2.05, 4.69) is 45.7 Å². The molecule has 5 atom stereocenters. The lowest BCUT2D eigenvalue weighted by molar-refractivity contribution is -0.142. The molecule has 0 spiro atoms. The molecule has 0 aliphatic rings. The lowest BCUT2D eigenvalue weighted by Crippen LogP contribution is -2.59. The van der Waals surface area contributed by atoms with Crippen LogP contribution in [0.25, 0.3) is 0 Å². The van der Waals surface area contributed by atoms with Gasteiger partial charge in [-0.2, -0.15) is 11.8 Å². The van der Waals surface area contributed by atoms with Crippen LogP contribution in [-0.2, 0) is 33.5 Å². The molecule has 0 heterocycles. The number of carboxylic acids is 1. The molecule has 0 aromatic carbocycles. The molecule has 20 heteroatoms. The summed E-state index contributed by atoms with van der Waals surface area (Å²) < 4.78 is 5.38. The number of aliphatic hydroxyl groups excluding tert-OH is 1. The standard InChI is InChI=1S/C59H115N9O10S/c1-3-5-7-9-11-13-15-17-19-21-23-25-27-35-44-78-59(77)63-43-45-79-47-52(64-53(70)39-28-26-24-22-20-18-16-14-12-10-8-6-4-2)57(74)68-51(46-69)56(73)66-48(36-29-32-40-60)54(71)65-49(37-30-33-41-61)55(72)67-50(58(75)76)38-31-34-42-62/h48-52,69H,3-47,60-62H2,1-2H3,(H,63,77)(H,64,70)(H,65,71)(H,66,73)(H,67,72)(H,68,74)(H,75,76)/t48-,49-,50-,51+,52-/m0/s1. The smallest absolute Gasteiger partial charge is 0.407 e. The minimum absolute atomic E-state index is 0.0964. The van der Waals surface area contributed by atoms with E-state index in [-0.39, 0.29) is 43.9 Å². The normalized spacial score (nSPS) is 13.1. The number of rotatable bonds is 57. The molecule has 0 saturated heterocycles. The number of amides is 6. The molecule has 0 saturated carbocycles. The molecule has 0 aliphatic carbocycles. The molecule has 0 rings (SSSR count). The molecule has 0 unspecified atom stereocenters. The quantitative estimate of drug-likeness (QED) is 0.0255. The van der Waals surface area contributed by atoms with Crippen LogP contribution in [0.3, 0.4) is 0 Å². The highest BCUT2D eigenvalue weighted by Gasteiger charge is 2.32. The minimum atomic E-state index is -1.52. The van der Waals surface area contributed by atoms with Crippen LogP contribution in [0.5, 0.6) is 0 Å². The van der Waals surface area contributed by atoms with Crippen molar-refractivity contribution in [3.8, 4) is 0 Å². The van der Waals surface area contributed by atoms with Crippen molar-refractivity contribution < 1.29 is 48.5 Å². The molecule has 79 heavy (non-hydrogen) atoms. The lowest BCUT2D eigenvalue weighted by atomic mass is 10.0. The average molecular weight is 1140 g/mol. The van der Waals surface area contributed by atoms with E-state index in [1.54, 1.807) is 0 Å². The van der Waals surface area contributed by atoms with Gasteiger partial charge in [0.2, 0.25) is 29.5 Å². The molecule has 0 aromatic heterocycles. The third-order valence-electron chi connectivity index (χ3n) is 14.2. The third-order valence-corrected chi connectivity index (χ3v) is 15.3. The Bertz CT molecular complexity index is 1550. The second-order valence-corrected chi connectivity index (χ2v) is 22.6. The van der Waals surface area contributed by atoms with Crippen molar-refractivity contribution in [3.63, 3.8) is 0 Å². The van der Waals surface area contributed by atoms with Crippen LogP contribution < -0.4 is 49.1 Å². The molecule has 0 radical (unpaired) electrons. The summed E-state index contributed by atoms with van der Waals surface area (Å²) in [6.45, 7) is 5.24. The first kappa shape index (κ1) is 75.3. The maximum atomic E-state index is 13.9. The Hall–Kier alpha value is -3.72. The van der Waals surface area contributed by atoms with Gasteiger partial charge in [0.15, 0.2) is 0 Å². The number of thioether (sulfide) groups is 1. The highest BCUT2D eigenvalue weighted by Crippen LogP contribution is 2.16. The lowest BCUT2D eigenvalue weighted by Gasteiger charge is -2.26. The summed E-state index contributed by atoms with van der Waals surface area (Å²) in [5.41, 5.74) is 17.0. The number of carboxylic acid groups (broad SMARTS) is 1. The van der Waals surface area contributed by atoms with Gasteiger partial charge in [-0.05, 0) is 90.3 Å². The molecule has 0 aromatic rings. The zero-order valence-electron chi connectivity index (χ0n) is 49.5. The number of hydrogen-bond donors (Lipinski definition) is 11. The van der Waals surface area contributed by atoms with Gasteiger partial charge in [-0.15, -0.1) is 0 Å². The van der Waals surface area contributed by atoms with Gasteiger partial charge in [0.25, 0.3) is 0 Å². The van der Waals surface area contributed by atoms with Crippen LogP contribution in [0, 0.1) is 0 Å². The molecule has 19 nitrogen and oxygen atoms in total. The summed E-state index contributed by atoms with van der Waals surface area (Å²) in [7, 11) is 0. The topological polar surface area (TPSA) is 319 Å². The Morgan fingerprint density at radius 1 is 0.430 bits per heavy atom. The Kier molecular flexibility index (Phi) is 52.3. The van der Waals surface area contributed by atoms with Gasteiger partial charge < -0.3 is 64.1 Å². The summed E-state index contributed by atoms with van der Waals surface area (Å²) in [4.78, 5) is 92.9. The maximum absolute atomic E-state index is 13.9. The summed E-state index contributed by atoms with van der Waals surface area (Å²) >= 11 is 1.31. The van der Waals surface area contributed by atoms with Crippen LogP contribution >= 0.6 is 11.8 Å². The van der Waals surface area contributed by atoms with E-state index in [4.69, 9.17) is 21.9 Å². The number of carbonyl (C=O) groups excluding carboxylic acids is 6. The fourth-order valence-electron chi connectivity index (χ4n) is 9.25. The number of nitrogens with one attached hydrogen (secondary N) is 6. The number of alkyl carbamates (subject to hydrolysis) is 1. The summed E-state index contributed by atoms with van der Waals surface area (Å²) in [5.74, 6) is -4.09. The maximum Gasteiger partial charge on any atom is 0.407 e. The first-order chi connectivity index (χ1) is 38.4. The van der Waals surface area contributed by atoms with Gasteiger partial charge in [0.1, 0.15) is 30.2 Å². The van der Waals surface area contributed by atoms with E-state index in [0.29, 0.717) is 76.9 Å². The molecule has 0 aliphatic heterocycles. The number of carbonyl (C=O) groups is 7. The molecule has 462 valence electrons. The van der Waals surface area contributed by atoms with E-state index in [1.807, 2.05) is 0 Å². The van der Waals surface area contributed by atoms with Gasteiger partial charge in [-0.1, -0.05) is 174 Å². The first-order valence-electron chi connectivity index (χ1n) is 31.3. The molecule has 0 fully saturated rings. The zero-order chi connectivity index (χ0) is 58.4. The van der Waals surface area contributed by atoms with E-state index in [9.17, 15) is 43.8 Å². The Morgan fingerprint density at radius 3 is 1.19 bits per heavy atom. The van der Waals surface area contributed by atoms with Crippen molar-refractivity contribution in [1.29, 1.82) is 0 Å². The van der Waals surface area contributed by atoms with Crippen molar-refractivity contribution in [1.82, 2.24) is 31.9 Å². The van der Waals surface area contributed by atoms with Gasteiger partial charge in [-0.3, -0.25) is 24.0 Å². The van der Waals surface area contributed by atoms with Gasteiger partial charge in [0.05, 0.1) is 13.2 Å². The van der Waals surface area contributed by atoms with Crippen molar-refractivity contribution in [2.75, 3.05) is 50.9 Å². The highest BCUT2D eigenvalue weighted by molar-refractivity contribution is 7.99. The molecular formula is C59H115N9O10S. The van der Waals surface area contributed by atoms with Crippen LogP contribution in [0.1, 0.15) is 251 Å². The molecule has 14 N–H and O–H groups in total. The number of ether oxygens (including phenoxy) is 1. The van der Waals surface area contributed by atoms with Crippen LogP contribution in [-0.4, -0.2) is 133 Å². The van der Waals surface area contributed by atoms with Gasteiger partial charge in [-0.25, -0.2) is 9.59 Å². The monoisotopic (exact) mass is 1140 g/mol. The summed E-state index contributed by atoms with van der Waals surface area (Å²) in [6.07, 6.45) is 35.4. The van der Waals surface area contributed by atoms with Crippen molar-refractivity contribution in [3.05, 3.63) is 0 Å². The van der Waals surface area contributed by atoms with Gasteiger partial charge in [0, 0.05) is 24.5 Å². The summed E-state index contributed by atoms with van der Waals surface area (Å²) in [6, 6.07) is -6.21. The Labute approximate surface area is 481 Å². The Morgan fingerprint density at radius 2 is 0.785 bits per heavy atom. The SMILES string of the molecule is CCCCCCCCCCCCCCCCOC(=O)NCCSC[C@H](NC(=O)CCCCCCCCCCCCCCC)C(=O)N[C@H](CO)C(=O)N[C@@H](CCCCN)C(=O)N[C@@H](CCCCN)C(=O)N[C@@H](CCCCN)C(=O)O. The third kappa shape index (κ3) is 44.6. The summed E-state index contributed by atoms with van der Waals surface area (Å²) in [5, 5.41) is 36.2. The van der Waals surface area contributed by atoms with Crippen LogP contribution in [0.4, 0.5) is 4.79 Å². The second-order valence-electron chi connectivity index (χ2n) is 21.5. The number of unbranched alkanes of at least 4 members (excludes halogenated alkanes) is 28. The van der Waals surface area contributed by atoms with E-state index in [1.165, 1.54) is 140 Å². The fourth-order valence-corrected chi connectivity index (χ4v) is 10.1. The average Bonchev–Trinajstić information content (AvgIpc) is 3.43. The van der Waals surface area contributed by atoms with Crippen molar-refractivity contribution in [2.45, 2.75) is 282 Å². The van der Waals surface area contributed by atoms with Crippen LogP contribution in [0.2, 0.25) is 0 Å². The predicted octanol–water partition coefficient (Wildman–Crippen LogP) is 8.30. The first-order valence-corrected chi connectivity index (χ1v) is 32.5. The molecular weight excluding hydrogens is 1030 g/mol. The van der Waals surface area contributed by atoms with Crippen molar-refractivity contribution in [2.24, 2.45) is 17.2 Å². The number of hydrogen-bond acceptors (Lipinski definition) is 13. The second kappa shape index (κ2) is 54.8. The van der Waals surface area contributed by atoms with Crippen molar-refractivity contribution >= 4 is 53.4 Å². The molecule has 0 bridgehead atoms. The Balaban J connectivity index is 5.57. The van der Waals surface area contributed by atoms with E-state index >= 15 is 0 Å². The fraction of sp³-hybridized carbons (Fsp3) is 0.881. The highest BCUT2D eigenvalue weighted by atomic mass is 32.2. The largest absolute Gasteiger partial charge is 0.480 e. The predicted molar refractivity (Wildman–Crippen MR) is 320 cm³/mol.